The molecule has 0 aliphatic carbocycles. The monoisotopic (exact) mass is 130 g/mol. The van der Waals surface area contributed by atoms with Crippen LogP contribution in [0, 0.1) is 0 Å². The van der Waals surface area contributed by atoms with Crippen molar-refractivity contribution in [2.45, 2.75) is 0 Å². The highest BCUT2D eigenvalue weighted by Crippen LogP contribution is 1.91. The molecule has 0 spiro atoms. The second-order valence-electron chi connectivity index (χ2n) is 0.899. The van der Waals surface area contributed by atoms with E-state index in [2.05, 4.69) is 0 Å². The summed E-state index contributed by atoms with van der Waals surface area (Å²) in [5.41, 5.74) is 0. The van der Waals surface area contributed by atoms with Crippen LogP contribution < -0.4 is 0 Å². The van der Waals surface area contributed by atoms with Gasteiger partial charge in [0.2, 0.25) is 0 Å². The minimum atomic E-state index is -0.250. The third kappa shape index (κ3) is 5.17. The maximum Gasteiger partial charge on any atom is 0.290 e. The Kier molecular flexibility index (Phi) is 5.53. The van der Waals surface area contributed by atoms with Gasteiger partial charge in [-0.15, -0.1) is 0 Å². The molecule has 0 aliphatic heterocycles. The smallest absolute Gasteiger partial charge is 0.290 e. The van der Waals surface area contributed by atoms with Crippen LogP contribution in [0.25, 0.3) is 0 Å². The van der Waals surface area contributed by atoms with Crippen LogP contribution in [-0.2, 0) is 4.79 Å². The Labute approximate surface area is 51.4 Å². The number of carboxylic acid groups (broad SMARTS) is 1. The van der Waals surface area contributed by atoms with Crippen molar-refractivity contribution < 1.29 is 9.90 Å². The summed E-state index contributed by atoms with van der Waals surface area (Å²) in [5, 5.41) is 11.0. The van der Waals surface area contributed by atoms with Crippen molar-refractivity contribution in [1.82, 2.24) is 0 Å². The van der Waals surface area contributed by atoms with E-state index in [9.17, 15) is 0 Å². The van der Waals surface area contributed by atoms with E-state index in [0.717, 1.165) is 0 Å². The molecule has 0 amide bonds. The predicted molar refractivity (Wildman–Crippen MR) is 33.0 cm³/mol. The Morgan fingerprint density at radius 1 is 1.38 bits per heavy atom. The quantitative estimate of drug-likeness (QED) is 0.540. The van der Waals surface area contributed by atoms with E-state index >= 15 is 0 Å². The first-order chi connectivity index (χ1) is 3.91. The van der Waals surface area contributed by atoms with Gasteiger partial charge in [-0.05, 0) is 10.8 Å². The highest BCUT2D eigenvalue weighted by Gasteiger charge is 1.58. The van der Waals surface area contributed by atoms with E-state index in [1.807, 2.05) is 22.9 Å². The van der Waals surface area contributed by atoms with Gasteiger partial charge in [0.15, 0.2) is 0 Å². The largest absolute Gasteiger partial charge is 0.483 e. The number of hydrogen-bond acceptors (Lipinski definition) is 2. The molecule has 3 heteroatoms. The van der Waals surface area contributed by atoms with Crippen molar-refractivity contribution >= 4 is 17.8 Å². The first-order valence-corrected chi connectivity index (χ1v) is 2.91. The minimum absolute atomic E-state index is 0.250. The molecule has 1 heterocycles. The summed E-state index contributed by atoms with van der Waals surface area (Å²) < 4.78 is 0. The van der Waals surface area contributed by atoms with Crippen LogP contribution in [0.1, 0.15) is 0 Å². The van der Waals surface area contributed by atoms with Crippen LogP contribution in [0.2, 0.25) is 0 Å². The summed E-state index contributed by atoms with van der Waals surface area (Å²) in [6.07, 6.45) is 0. The fourth-order valence-corrected chi connectivity index (χ4v) is 0.680. The van der Waals surface area contributed by atoms with Crippen LogP contribution >= 0.6 is 11.3 Å². The second-order valence-corrected chi connectivity index (χ2v) is 1.72. The molecule has 0 saturated heterocycles. The van der Waals surface area contributed by atoms with E-state index in [-0.39, 0.29) is 6.47 Å². The first-order valence-electron chi connectivity index (χ1n) is 1.97. The molecule has 44 valence electrons. The SMILES string of the molecule is O=CO.c1ccsc1. The van der Waals surface area contributed by atoms with E-state index < -0.39 is 0 Å². The molecule has 8 heavy (non-hydrogen) atoms. The Morgan fingerprint density at radius 3 is 1.88 bits per heavy atom. The highest BCUT2D eigenvalue weighted by atomic mass is 32.1. The van der Waals surface area contributed by atoms with Crippen LogP contribution in [-0.4, -0.2) is 11.6 Å². The zero-order valence-electron chi connectivity index (χ0n) is 4.15. The molecule has 0 unspecified atom stereocenters. The molecule has 2 nitrogen and oxygen atoms in total. The van der Waals surface area contributed by atoms with E-state index in [1.54, 1.807) is 11.3 Å². The van der Waals surface area contributed by atoms with Crippen molar-refractivity contribution in [2.75, 3.05) is 0 Å². The maximum atomic E-state index is 8.36. The zero-order valence-corrected chi connectivity index (χ0v) is 4.97. The van der Waals surface area contributed by atoms with Gasteiger partial charge in [0.05, 0.1) is 0 Å². The molecule has 0 aromatic carbocycles. The highest BCUT2D eigenvalue weighted by molar-refractivity contribution is 7.07. The molecule has 1 rings (SSSR count). The number of carbonyl (C=O) groups is 1. The topological polar surface area (TPSA) is 37.3 Å². The number of hydrogen-bond donors (Lipinski definition) is 1. The lowest BCUT2D eigenvalue weighted by Gasteiger charge is -1.39. The lowest BCUT2D eigenvalue weighted by Crippen LogP contribution is -1.49. The van der Waals surface area contributed by atoms with Crippen molar-refractivity contribution in [1.29, 1.82) is 0 Å². The summed E-state index contributed by atoms with van der Waals surface area (Å²) >= 11 is 1.71. The van der Waals surface area contributed by atoms with Gasteiger partial charge in [0.1, 0.15) is 0 Å². The molecule has 0 fully saturated rings. The fourth-order valence-electron chi connectivity index (χ4n) is 0.227. The summed E-state index contributed by atoms with van der Waals surface area (Å²) in [6.45, 7) is -0.250. The first kappa shape index (κ1) is 7.17. The van der Waals surface area contributed by atoms with Gasteiger partial charge in [-0.25, -0.2) is 0 Å². The molecule has 0 saturated carbocycles. The zero-order chi connectivity index (χ0) is 6.24. The van der Waals surface area contributed by atoms with Crippen LogP contribution in [0.15, 0.2) is 22.9 Å². The molecule has 0 aliphatic rings. The van der Waals surface area contributed by atoms with Gasteiger partial charge in [-0.1, -0.05) is 12.1 Å². The maximum absolute atomic E-state index is 8.36. The Bertz CT molecular complexity index is 96.8. The predicted octanol–water partition coefficient (Wildman–Crippen LogP) is 1.45. The summed E-state index contributed by atoms with van der Waals surface area (Å²) in [6, 6.07) is 4.04. The van der Waals surface area contributed by atoms with Crippen molar-refractivity contribution in [3.63, 3.8) is 0 Å². The average Bonchev–Trinajstić information content (AvgIpc) is 2.17. The van der Waals surface area contributed by atoms with E-state index in [1.165, 1.54) is 0 Å². The van der Waals surface area contributed by atoms with Gasteiger partial charge < -0.3 is 5.11 Å². The third-order valence-electron chi connectivity index (χ3n) is 0.425. The normalized spacial score (nSPS) is 6.50. The van der Waals surface area contributed by atoms with Gasteiger partial charge in [0, 0.05) is 0 Å². The molecule has 0 radical (unpaired) electrons. The lowest BCUT2D eigenvalue weighted by molar-refractivity contribution is -0.122. The Morgan fingerprint density at radius 2 is 1.75 bits per heavy atom. The van der Waals surface area contributed by atoms with Crippen LogP contribution in [0.5, 0.6) is 0 Å². The molecule has 0 bridgehead atoms. The standard InChI is InChI=1S/C4H4S.CH2O2/c1-2-4-5-3-1;2-1-3/h1-4H;1H,(H,2,3). The van der Waals surface area contributed by atoms with Crippen LogP contribution in [0.3, 0.4) is 0 Å². The second kappa shape index (κ2) is 6.17. The van der Waals surface area contributed by atoms with Gasteiger partial charge in [-0.2, -0.15) is 11.3 Å². The Balaban J connectivity index is 0.000000145. The van der Waals surface area contributed by atoms with E-state index in [0.29, 0.717) is 0 Å². The third-order valence-corrected chi connectivity index (χ3v) is 1.05. The molecular formula is C5H6O2S. The molecular weight excluding hydrogens is 124 g/mol. The average molecular weight is 130 g/mol. The minimum Gasteiger partial charge on any atom is -0.483 e. The molecule has 1 aromatic rings. The van der Waals surface area contributed by atoms with Crippen molar-refractivity contribution in [3.05, 3.63) is 22.9 Å². The molecule has 0 atom stereocenters. The van der Waals surface area contributed by atoms with Gasteiger partial charge in [-0.3, -0.25) is 4.79 Å². The summed E-state index contributed by atoms with van der Waals surface area (Å²) in [7, 11) is 0. The summed E-state index contributed by atoms with van der Waals surface area (Å²) in [4.78, 5) is 8.36. The summed E-state index contributed by atoms with van der Waals surface area (Å²) in [5.74, 6) is 0. The van der Waals surface area contributed by atoms with Crippen molar-refractivity contribution in [2.24, 2.45) is 0 Å². The van der Waals surface area contributed by atoms with Crippen molar-refractivity contribution in [3.8, 4) is 0 Å². The van der Waals surface area contributed by atoms with Gasteiger partial charge >= 0.3 is 0 Å². The fraction of sp³-hybridized carbons (Fsp3) is 0. The Hall–Kier alpha value is -0.830. The number of rotatable bonds is 0. The van der Waals surface area contributed by atoms with Crippen LogP contribution in [0.4, 0.5) is 0 Å². The lowest BCUT2D eigenvalue weighted by atomic mass is 10.7. The number of thiophene rings is 1. The van der Waals surface area contributed by atoms with E-state index in [4.69, 9.17) is 9.90 Å². The molecule has 1 aromatic heterocycles. The van der Waals surface area contributed by atoms with Gasteiger partial charge in [0.25, 0.3) is 6.47 Å². The molecule has 1 N–H and O–H groups in total.